The Hall–Kier alpha value is -2.16. The fourth-order valence-electron chi connectivity index (χ4n) is 2.89. The van der Waals surface area contributed by atoms with E-state index >= 15 is 0 Å². The van der Waals surface area contributed by atoms with Gasteiger partial charge in [-0.25, -0.2) is 4.79 Å². The van der Waals surface area contributed by atoms with E-state index in [1.165, 1.54) is 7.11 Å². The molecule has 0 saturated heterocycles. The molecule has 0 radical (unpaired) electrons. The normalized spacial score (nSPS) is 12.7. The Morgan fingerprint density at radius 3 is 2.57 bits per heavy atom. The van der Waals surface area contributed by atoms with Crippen molar-refractivity contribution in [2.45, 2.75) is 18.5 Å². The molecule has 8 heteroatoms. The lowest BCUT2D eigenvalue weighted by Gasteiger charge is -2.19. The maximum absolute atomic E-state index is 13.1. The van der Waals surface area contributed by atoms with Crippen LogP contribution in [0.4, 0.5) is 5.69 Å². The number of benzene rings is 2. The summed E-state index contributed by atoms with van der Waals surface area (Å²) in [6.45, 7) is 0.572. The highest BCUT2D eigenvalue weighted by molar-refractivity contribution is 7.98. The maximum Gasteiger partial charge on any atom is 0.328 e. The molecule has 2 aromatic rings. The van der Waals surface area contributed by atoms with Crippen LogP contribution in [-0.2, 0) is 9.53 Å². The molecular weight excluding hydrogens is 418 g/mol. The van der Waals surface area contributed by atoms with E-state index in [1.54, 1.807) is 17.8 Å². The van der Waals surface area contributed by atoms with Crippen molar-refractivity contribution in [3.8, 4) is 11.1 Å². The molecule has 0 fully saturated rings. The van der Waals surface area contributed by atoms with Crippen molar-refractivity contribution >= 4 is 42.0 Å². The Morgan fingerprint density at radius 2 is 1.93 bits per heavy atom. The third-order valence-corrected chi connectivity index (χ3v) is 5.67. The standard InChI is InChI=1S/C22H29N3O3S2/c1-28-22(27)20(10-11-30-2)25-21(26)18-9-8-17(24-13-16(23)14-29)12-19(18)15-6-4-3-5-7-15/h3-9,12,16,20,24,29H,10-11,13-14,23H2,1-2H3,(H,25,26)/t16-,20?/m1/s1. The van der Waals surface area contributed by atoms with Crippen LogP contribution in [0, 0.1) is 0 Å². The number of nitrogens with two attached hydrogens (primary N) is 1. The first-order valence-electron chi connectivity index (χ1n) is 9.67. The van der Waals surface area contributed by atoms with E-state index in [0.717, 1.165) is 22.6 Å². The van der Waals surface area contributed by atoms with Crippen LogP contribution in [0.15, 0.2) is 48.5 Å². The number of anilines is 1. The second-order valence-electron chi connectivity index (χ2n) is 6.78. The van der Waals surface area contributed by atoms with Gasteiger partial charge in [-0.2, -0.15) is 24.4 Å². The Bertz CT molecular complexity index is 834. The van der Waals surface area contributed by atoms with Crippen LogP contribution in [0.2, 0.25) is 0 Å². The predicted octanol–water partition coefficient (Wildman–Crippen LogP) is 3.05. The van der Waals surface area contributed by atoms with Gasteiger partial charge in [0.1, 0.15) is 6.04 Å². The van der Waals surface area contributed by atoms with Crippen LogP contribution >= 0.6 is 24.4 Å². The second-order valence-corrected chi connectivity index (χ2v) is 8.13. The van der Waals surface area contributed by atoms with E-state index in [1.807, 2.05) is 48.7 Å². The van der Waals surface area contributed by atoms with Gasteiger partial charge in [-0.15, -0.1) is 0 Å². The van der Waals surface area contributed by atoms with Gasteiger partial charge in [-0.05, 0) is 47.8 Å². The molecule has 0 saturated carbocycles. The predicted molar refractivity (Wildman–Crippen MR) is 128 cm³/mol. The number of amides is 1. The van der Waals surface area contributed by atoms with Crippen molar-refractivity contribution in [1.82, 2.24) is 5.32 Å². The SMILES string of the molecule is COC(=O)C(CCSC)NC(=O)c1ccc(NC[C@@H](N)CS)cc1-c1ccccc1. The number of thiol groups is 1. The van der Waals surface area contributed by atoms with Crippen LogP contribution < -0.4 is 16.4 Å². The average molecular weight is 448 g/mol. The molecule has 162 valence electrons. The van der Waals surface area contributed by atoms with Gasteiger partial charge in [0.05, 0.1) is 7.11 Å². The van der Waals surface area contributed by atoms with E-state index in [9.17, 15) is 9.59 Å². The van der Waals surface area contributed by atoms with Gasteiger partial charge in [0.2, 0.25) is 0 Å². The third-order valence-electron chi connectivity index (χ3n) is 4.55. The Morgan fingerprint density at radius 1 is 1.20 bits per heavy atom. The summed E-state index contributed by atoms with van der Waals surface area (Å²) < 4.78 is 4.85. The molecule has 0 aliphatic carbocycles. The second kappa shape index (κ2) is 12.5. The molecule has 30 heavy (non-hydrogen) atoms. The van der Waals surface area contributed by atoms with E-state index in [0.29, 0.717) is 24.3 Å². The van der Waals surface area contributed by atoms with Crippen LogP contribution in [0.1, 0.15) is 16.8 Å². The smallest absolute Gasteiger partial charge is 0.328 e. The summed E-state index contributed by atoms with van der Waals surface area (Å²) in [5, 5.41) is 6.12. The lowest BCUT2D eigenvalue weighted by molar-refractivity contribution is -0.142. The van der Waals surface area contributed by atoms with Crippen molar-refractivity contribution in [1.29, 1.82) is 0 Å². The summed E-state index contributed by atoms with van der Waals surface area (Å²) in [5.74, 6) is 0.547. The molecule has 0 bridgehead atoms. The lowest BCUT2D eigenvalue weighted by Crippen LogP contribution is -2.42. The van der Waals surface area contributed by atoms with Gasteiger partial charge in [-0.3, -0.25) is 4.79 Å². The van der Waals surface area contributed by atoms with E-state index in [-0.39, 0.29) is 11.9 Å². The first-order valence-corrected chi connectivity index (χ1v) is 11.7. The zero-order chi connectivity index (χ0) is 21.9. The quantitative estimate of drug-likeness (QED) is 0.313. The summed E-state index contributed by atoms with van der Waals surface area (Å²) in [6.07, 6.45) is 2.45. The van der Waals surface area contributed by atoms with Crippen LogP contribution in [0.25, 0.3) is 11.1 Å². The van der Waals surface area contributed by atoms with Gasteiger partial charge < -0.3 is 21.1 Å². The molecule has 1 unspecified atom stereocenters. The number of thioether (sulfide) groups is 1. The van der Waals surface area contributed by atoms with Crippen molar-refractivity contribution in [2.75, 3.05) is 36.7 Å². The van der Waals surface area contributed by atoms with E-state index in [2.05, 4.69) is 23.3 Å². The minimum absolute atomic E-state index is 0.0752. The van der Waals surface area contributed by atoms with E-state index < -0.39 is 12.0 Å². The molecule has 0 aromatic heterocycles. The highest BCUT2D eigenvalue weighted by Gasteiger charge is 2.23. The molecule has 6 nitrogen and oxygen atoms in total. The van der Waals surface area contributed by atoms with Crippen molar-refractivity contribution in [3.63, 3.8) is 0 Å². The van der Waals surface area contributed by atoms with Crippen molar-refractivity contribution < 1.29 is 14.3 Å². The summed E-state index contributed by atoms with van der Waals surface area (Å²) in [6, 6.07) is 14.4. The highest BCUT2D eigenvalue weighted by Crippen LogP contribution is 2.27. The fourth-order valence-corrected chi connectivity index (χ4v) is 3.49. The molecule has 1 amide bonds. The molecule has 0 aliphatic heterocycles. The molecule has 2 aromatic carbocycles. The first kappa shape index (κ1) is 24.1. The number of esters is 1. The van der Waals surface area contributed by atoms with Gasteiger partial charge >= 0.3 is 5.97 Å². The van der Waals surface area contributed by atoms with Crippen molar-refractivity contribution in [2.24, 2.45) is 5.73 Å². The Kier molecular flexibility index (Phi) is 10.1. The topological polar surface area (TPSA) is 93.4 Å². The largest absolute Gasteiger partial charge is 0.467 e. The lowest BCUT2D eigenvalue weighted by atomic mass is 9.98. The van der Waals surface area contributed by atoms with Crippen LogP contribution in [0.5, 0.6) is 0 Å². The number of rotatable bonds is 11. The van der Waals surface area contributed by atoms with Crippen LogP contribution in [0.3, 0.4) is 0 Å². The molecule has 0 aliphatic rings. The summed E-state index contributed by atoms with van der Waals surface area (Å²) in [5.41, 5.74) is 8.96. The third kappa shape index (κ3) is 6.97. The number of hydrogen-bond donors (Lipinski definition) is 4. The number of nitrogens with one attached hydrogen (secondary N) is 2. The molecule has 2 atom stereocenters. The summed E-state index contributed by atoms with van der Waals surface area (Å²) in [4.78, 5) is 25.2. The number of carbonyl (C=O) groups is 2. The molecule has 0 spiro atoms. The van der Waals surface area contributed by atoms with E-state index in [4.69, 9.17) is 10.5 Å². The Balaban J connectivity index is 2.32. The zero-order valence-corrected chi connectivity index (χ0v) is 19.0. The number of hydrogen-bond acceptors (Lipinski definition) is 7. The minimum atomic E-state index is -0.690. The monoisotopic (exact) mass is 447 g/mol. The highest BCUT2D eigenvalue weighted by atomic mass is 32.2. The average Bonchev–Trinajstić information content (AvgIpc) is 2.79. The van der Waals surface area contributed by atoms with Gasteiger partial charge in [0.25, 0.3) is 5.91 Å². The molecule has 0 heterocycles. The fraction of sp³-hybridized carbons (Fsp3) is 0.364. The van der Waals surface area contributed by atoms with Gasteiger partial charge in [-0.1, -0.05) is 30.3 Å². The minimum Gasteiger partial charge on any atom is -0.467 e. The zero-order valence-electron chi connectivity index (χ0n) is 17.3. The first-order chi connectivity index (χ1) is 14.5. The van der Waals surface area contributed by atoms with Crippen molar-refractivity contribution in [3.05, 3.63) is 54.1 Å². The number of methoxy groups -OCH3 is 1. The summed E-state index contributed by atoms with van der Waals surface area (Å²) >= 11 is 5.82. The van der Waals surface area contributed by atoms with Gasteiger partial charge in [0.15, 0.2) is 0 Å². The molecule has 2 rings (SSSR count). The maximum atomic E-state index is 13.1. The molecular formula is C22H29N3O3S2. The van der Waals surface area contributed by atoms with Gasteiger partial charge in [0, 0.05) is 29.6 Å². The number of carbonyl (C=O) groups excluding carboxylic acids is 2. The molecule has 4 N–H and O–H groups in total. The van der Waals surface area contributed by atoms with Crippen LogP contribution in [-0.4, -0.2) is 55.4 Å². The summed E-state index contributed by atoms with van der Waals surface area (Å²) in [7, 11) is 1.33. The Labute approximate surface area is 187 Å². The number of ether oxygens (including phenoxy) is 1.